The molecule has 1 unspecified atom stereocenters. The fourth-order valence-corrected chi connectivity index (χ4v) is 2.08. The zero-order chi connectivity index (χ0) is 12.8. The lowest BCUT2D eigenvalue weighted by atomic mass is 10.1. The van der Waals surface area contributed by atoms with Crippen molar-refractivity contribution < 1.29 is 0 Å². The monoisotopic (exact) mass is 252 g/mol. The van der Waals surface area contributed by atoms with Crippen LogP contribution in [0.1, 0.15) is 25.5 Å². The Hall–Kier alpha value is -0.990. The summed E-state index contributed by atoms with van der Waals surface area (Å²) in [6.07, 6.45) is 1.89. The summed E-state index contributed by atoms with van der Waals surface area (Å²) >= 11 is 6.34. The molecule has 0 radical (unpaired) electrons. The maximum absolute atomic E-state index is 6.34. The van der Waals surface area contributed by atoms with Crippen molar-refractivity contribution >= 4 is 17.3 Å². The lowest BCUT2D eigenvalue weighted by Gasteiger charge is -2.23. The van der Waals surface area contributed by atoms with Crippen molar-refractivity contribution in [1.29, 1.82) is 0 Å². The van der Waals surface area contributed by atoms with E-state index in [9.17, 15) is 0 Å². The number of rotatable bonds is 6. The number of benzene rings is 1. The molecule has 3 heteroatoms. The van der Waals surface area contributed by atoms with E-state index in [4.69, 9.17) is 11.6 Å². The Kier molecular flexibility index (Phi) is 5.52. The van der Waals surface area contributed by atoms with Crippen molar-refractivity contribution in [2.75, 3.05) is 25.0 Å². The van der Waals surface area contributed by atoms with Crippen LogP contribution in [0.4, 0.5) is 5.69 Å². The molecule has 0 aromatic heterocycles. The fraction of sp³-hybridized carbons (Fsp3) is 0.429. The van der Waals surface area contributed by atoms with Crippen LogP contribution in [0, 0.1) is 0 Å². The first kappa shape index (κ1) is 14.1. The van der Waals surface area contributed by atoms with E-state index in [0.717, 1.165) is 23.8 Å². The zero-order valence-electron chi connectivity index (χ0n) is 10.8. The number of hydrogen-bond donors (Lipinski definition) is 1. The average molecular weight is 253 g/mol. The molecule has 0 aliphatic heterocycles. The van der Waals surface area contributed by atoms with Gasteiger partial charge in [-0.25, -0.2) is 0 Å². The van der Waals surface area contributed by atoms with Gasteiger partial charge >= 0.3 is 0 Å². The Bertz CT molecular complexity index is 376. The molecule has 0 heterocycles. The summed E-state index contributed by atoms with van der Waals surface area (Å²) in [4.78, 5) is 2.20. The highest BCUT2D eigenvalue weighted by Crippen LogP contribution is 2.28. The van der Waals surface area contributed by atoms with E-state index in [1.54, 1.807) is 0 Å². The molecule has 17 heavy (non-hydrogen) atoms. The maximum Gasteiger partial charge on any atom is 0.0643 e. The van der Waals surface area contributed by atoms with E-state index < -0.39 is 0 Å². The van der Waals surface area contributed by atoms with Gasteiger partial charge in [0.1, 0.15) is 0 Å². The summed E-state index contributed by atoms with van der Waals surface area (Å²) in [5, 5.41) is 4.01. The summed E-state index contributed by atoms with van der Waals surface area (Å²) in [6, 6.07) is 6.55. The van der Waals surface area contributed by atoms with Crippen LogP contribution in [-0.2, 0) is 0 Å². The summed E-state index contributed by atoms with van der Waals surface area (Å²) in [7, 11) is 1.95. The van der Waals surface area contributed by atoms with Gasteiger partial charge in [0.25, 0.3) is 0 Å². The third-order valence-corrected chi connectivity index (χ3v) is 3.28. The van der Waals surface area contributed by atoms with E-state index in [1.165, 1.54) is 5.56 Å². The van der Waals surface area contributed by atoms with E-state index in [-0.39, 0.29) is 0 Å². The second-order valence-corrected chi connectivity index (χ2v) is 4.46. The zero-order valence-corrected chi connectivity index (χ0v) is 11.6. The van der Waals surface area contributed by atoms with Crippen molar-refractivity contribution in [1.82, 2.24) is 5.32 Å². The van der Waals surface area contributed by atoms with Gasteiger partial charge in [0.05, 0.1) is 10.7 Å². The lowest BCUT2D eigenvalue weighted by molar-refractivity contribution is 0.652. The summed E-state index contributed by atoms with van der Waals surface area (Å²) in [5.74, 6) is 0. The first-order chi connectivity index (χ1) is 8.13. The van der Waals surface area contributed by atoms with E-state index >= 15 is 0 Å². The summed E-state index contributed by atoms with van der Waals surface area (Å²) < 4.78 is 0. The van der Waals surface area contributed by atoms with Crippen molar-refractivity contribution in [3.63, 3.8) is 0 Å². The average Bonchev–Trinajstić information content (AvgIpc) is 2.35. The predicted octanol–water partition coefficient (Wildman–Crippen LogP) is 3.63. The first-order valence-electron chi connectivity index (χ1n) is 5.96. The van der Waals surface area contributed by atoms with Crippen LogP contribution in [-0.4, -0.2) is 20.1 Å². The molecule has 0 aliphatic carbocycles. The Morgan fingerprint density at radius 2 is 2.24 bits per heavy atom. The normalized spacial score (nSPS) is 12.2. The molecule has 2 nitrogen and oxygen atoms in total. The molecular weight excluding hydrogens is 232 g/mol. The first-order valence-corrected chi connectivity index (χ1v) is 6.34. The molecule has 0 fully saturated rings. The summed E-state index contributed by atoms with van der Waals surface area (Å²) in [6.45, 7) is 9.74. The predicted molar refractivity (Wildman–Crippen MR) is 77.0 cm³/mol. The number of likely N-dealkylation sites (N-methyl/N-ethyl adjacent to an activating group) is 1. The molecule has 1 atom stereocenters. The molecular formula is C14H21ClN2. The molecule has 1 aromatic rings. The van der Waals surface area contributed by atoms with Crippen LogP contribution in [0.5, 0.6) is 0 Å². The third-order valence-electron chi connectivity index (χ3n) is 2.98. The number of hydrogen-bond acceptors (Lipinski definition) is 2. The van der Waals surface area contributed by atoms with Crippen LogP contribution < -0.4 is 10.2 Å². The standard InChI is InChI=1S/C14H21ClN2/c1-5-9-17(6-2)14-8-7-12(10-13(14)15)11(3)16-4/h5,7-8,10-11,16H,1,6,9H2,2-4H3. The molecule has 0 bridgehead atoms. The van der Waals surface area contributed by atoms with Gasteiger partial charge in [-0.2, -0.15) is 0 Å². The van der Waals surface area contributed by atoms with E-state index in [0.29, 0.717) is 6.04 Å². The maximum atomic E-state index is 6.34. The Morgan fingerprint density at radius 3 is 2.71 bits per heavy atom. The minimum absolute atomic E-state index is 0.316. The van der Waals surface area contributed by atoms with Crippen LogP contribution in [0.2, 0.25) is 5.02 Å². The minimum atomic E-state index is 0.316. The fourth-order valence-electron chi connectivity index (χ4n) is 1.77. The smallest absolute Gasteiger partial charge is 0.0643 e. The largest absolute Gasteiger partial charge is 0.367 e. The van der Waals surface area contributed by atoms with Crippen LogP contribution in [0.15, 0.2) is 30.9 Å². The third kappa shape index (κ3) is 3.48. The van der Waals surface area contributed by atoms with Gasteiger partial charge < -0.3 is 10.2 Å². The van der Waals surface area contributed by atoms with Crippen molar-refractivity contribution in [3.8, 4) is 0 Å². The molecule has 1 aromatic carbocycles. The van der Waals surface area contributed by atoms with E-state index in [2.05, 4.69) is 42.8 Å². The van der Waals surface area contributed by atoms with Crippen molar-refractivity contribution in [2.24, 2.45) is 0 Å². The Morgan fingerprint density at radius 1 is 1.53 bits per heavy atom. The molecule has 94 valence electrons. The van der Waals surface area contributed by atoms with Crippen LogP contribution in [0.25, 0.3) is 0 Å². The van der Waals surface area contributed by atoms with Gasteiger partial charge in [-0.05, 0) is 38.6 Å². The van der Waals surface area contributed by atoms with Gasteiger partial charge in [0.2, 0.25) is 0 Å². The number of nitrogens with zero attached hydrogens (tertiary/aromatic N) is 1. The van der Waals surface area contributed by atoms with Gasteiger partial charge in [0.15, 0.2) is 0 Å². The van der Waals surface area contributed by atoms with Crippen molar-refractivity contribution in [3.05, 3.63) is 41.4 Å². The highest BCUT2D eigenvalue weighted by molar-refractivity contribution is 6.33. The topological polar surface area (TPSA) is 15.3 Å². The van der Waals surface area contributed by atoms with Gasteiger partial charge in [0, 0.05) is 19.1 Å². The molecule has 0 saturated heterocycles. The Labute approximate surface area is 109 Å². The van der Waals surface area contributed by atoms with Crippen LogP contribution >= 0.6 is 11.6 Å². The molecule has 0 saturated carbocycles. The molecule has 1 rings (SSSR count). The molecule has 0 aliphatic rings. The van der Waals surface area contributed by atoms with Gasteiger partial charge in [-0.1, -0.05) is 23.7 Å². The van der Waals surface area contributed by atoms with E-state index in [1.807, 2.05) is 19.2 Å². The van der Waals surface area contributed by atoms with Gasteiger partial charge in [-0.15, -0.1) is 6.58 Å². The second-order valence-electron chi connectivity index (χ2n) is 4.05. The molecule has 0 spiro atoms. The summed E-state index contributed by atoms with van der Waals surface area (Å²) in [5.41, 5.74) is 2.28. The number of nitrogens with one attached hydrogen (secondary N) is 1. The number of halogens is 1. The van der Waals surface area contributed by atoms with Gasteiger partial charge in [-0.3, -0.25) is 0 Å². The molecule has 0 amide bonds. The highest BCUT2D eigenvalue weighted by atomic mass is 35.5. The van der Waals surface area contributed by atoms with Crippen molar-refractivity contribution in [2.45, 2.75) is 19.9 Å². The van der Waals surface area contributed by atoms with Crippen LogP contribution in [0.3, 0.4) is 0 Å². The second kappa shape index (κ2) is 6.67. The Balaban J connectivity index is 2.99. The molecule has 1 N–H and O–H groups in total. The SMILES string of the molecule is C=CCN(CC)c1ccc(C(C)NC)cc1Cl. The lowest BCUT2D eigenvalue weighted by Crippen LogP contribution is -2.23. The quantitative estimate of drug-likeness (QED) is 0.778. The number of anilines is 1. The minimum Gasteiger partial charge on any atom is -0.367 e. The highest BCUT2D eigenvalue weighted by Gasteiger charge is 2.10.